The molecule has 0 unspecified atom stereocenters. The Bertz CT molecular complexity index is 1110. The number of rotatable bonds is 5. The van der Waals surface area contributed by atoms with Crippen molar-refractivity contribution >= 4 is 11.8 Å². The number of nitrogen functional groups attached to an aromatic ring is 1. The number of nitrogens with zero attached hydrogens (tertiary/aromatic N) is 4. The molecule has 0 aliphatic heterocycles. The minimum atomic E-state index is -5.08. The lowest BCUT2D eigenvalue weighted by atomic mass is 9.79. The number of ether oxygens (including phenoxy) is 1. The van der Waals surface area contributed by atoms with Gasteiger partial charge >= 0.3 is 12.1 Å². The second-order valence-electron chi connectivity index (χ2n) is 7.42. The number of carbonyl (C=O) groups is 1. The Kier molecular flexibility index (Phi) is 7.14. The van der Waals surface area contributed by atoms with Crippen molar-refractivity contribution in [1.82, 2.24) is 19.5 Å². The highest BCUT2D eigenvalue weighted by Crippen LogP contribution is 2.43. The number of carboxylic acid groups (broad SMARTS) is 1. The Balaban J connectivity index is 0.000000383. The van der Waals surface area contributed by atoms with Gasteiger partial charge in [-0.25, -0.2) is 19.2 Å². The Morgan fingerprint density at radius 3 is 2.42 bits per heavy atom. The molecular weight excluding hydrogens is 446 g/mol. The summed E-state index contributed by atoms with van der Waals surface area (Å²) >= 11 is 0. The SMILES string of the molecule is Cn1cnc(COc2c(C3CCC3)ccc(-c3cnc(N)cn3)c2F)c1.O=C(O)C(F)(F)F. The average molecular weight is 467 g/mol. The van der Waals surface area contributed by atoms with E-state index in [9.17, 15) is 13.2 Å². The fourth-order valence-corrected chi connectivity index (χ4v) is 3.12. The summed E-state index contributed by atoms with van der Waals surface area (Å²) in [7, 11) is 1.89. The van der Waals surface area contributed by atoms with E-state index in [1.807, 2.05) is 23.9 Å². The summed E-state index contributed by atoms with van der Waals surface area (Å²) in [5.41, 5.74) is 8.03. The first-order valence-corrected chi connectivity index (χ1v) is 9.86. The molecule has 0 atom stereocenters. The minimum absolute atomic E-state index is 0.217. The second-order valence-corrected chi connectivity index (χ2v) is 7.42. The van der Waals surface area contributed by atoms with E-state index in [-0.39, 0.29) is 12.4 Å². The number of hydrogen-bond acceptors (Lipinski definition) is 6. The van der Waals surface area contributed by atoms with Gasteiger partial charge in [-0.15, -0.1) is 0 Å². The molecule has 2 heterocycles. The summed E-state index contributed by atoms with van der Waals surface area (Å²) in [6, 6.07) is 3.69. The lowest BCUT2D eigenvalue weighted by Gasteiger charge is -2.28. The van der Waals surface area contributed by atoms with E-state index in [2.05, 4.69) is 15.0 Å². The van der Waals surface area contributed by atoms with Gasteiger partial charge in [0.05, 0.1) is 30.1 Å². The summed E-state index contributed by atoms with van der Waals surface area (Å²) in [6.45, 7) is 0.217. The molecule has 33 heavy (non-hydrogen) atoms. The van der Waals surface area contributed by atoms with Crippen LogP contribution in [-0.4, -0.2) is 36.8 Å². The smallest absolute Gasteiger partial charge is 0.484 e. The first kappa shape index (κ1) is 24.0. The van der Waals surface area contributed by atoms with Gasteiger partial charge in [-0.05, 0) is 24.8 Å². The molecule has 1 aliphatic carbocycles. The number of nitrogens with two attached hydrogens (primary N) is 1. The highest BCUT2D eigenvalue weighted by atomic mass is 19.4. The third kappa shape index (κ3) is 5.96. The highest BCUT2D eigenvalue weighted by Gasteiger charge is 2.38. The lowest BCUT2D eigenvalue weighted by Crippen LogP contribution is -2.21. The Morgan fingerprint density at radius 2 is 1.94 bits per heavy atom. The van der Waals surface area contributed by atoms with E-state index in [0.717, 1.165) is 30.5 Å². The second kappa shape index (κ2) is 9.84. The number of alkyl halides is 3. The zero-order valence-corrected chi connectivity index (χ0v) is 17.5. The zero-order valence-electron chi connectivity index (χ0n) is 17.5. The van der Waals surface area contributed by atoms with Gasteiger partial charge in [0.2, 0.25) is 0 Å². The summed E-state index contributed by atoms with van der Waals surface area (Å²) in [4.78, 5) is 21.3. The van der Waals surface area contributed by atoms with Crippen LogP contribution < -0.4 is 10.5 Å². The van der Waals surface area contributed by atoms with Gasteiger partial charge < -0.3 is 20.1 Å². The van der Waals surface area contributed by atoms with Crippen LogP contribution >= 0.6 is 0 Å². The molecule has 176 valence electrons. The lowest BCUT2D eigenvalue weighted by molar-refractivity contribution is -0.192. The summed E-state index contributed by atoms with van der Waals surface area (Å²) in [5.74, 6) is -2.24. The molecular formula is C21H21F4N5O3. The van der Waals surface area contributed by atoms with E-state index in [1.165, 1.54) is 12.4 Å². The van der Waals surface area contributed by atoms with Crippen molar-refractivity contribution in [2.75, 3.05) is 5.73 Å². The number of carboxylic acids is 1. The number of anilines is 1. The summed E-state index contributed by atoms with van der Waals surface area (Å²) in [5, 5.41) is 7.12. The van der Waals surface area contributed by atoms with E-state index >= 15 is 4.39 Å². The number of benzene rings is 1. The van der Waals surface area contributed by atoms with Gasteiger partial charge in [-0.1, -0.05) is 12.5 Å². The molecule has 2 aromatic heterocycles. The molecule has 3 N–H and O–H groups in total. The first-order chi connectivity index (χ1) is 15.6. The molecule has 4 rings (SSSR count). The number of halogens is 4. The van der Waals surface area contributed by atoms with E-state index in [4.69, 9.17) is 20.4 Å². The van der Waals surface area contributed by atoms with Crippen molar-refractivity contribution in [3.8, 4) is 17.0 Å². The maximum Gasteiger partial charge on any atom is 0.490 e. The topological polar surface area (TPSA) is 116 Å². The van der Waals surface area contributed by atoms with Crippen LogP contribution in [0.3, 0.4) is 0 Å². The largest absolute Gasteiger partial charge is 0.490 e. The number of aliphatic carboxylic acids is 1. The number of aromatic nitrogens is 4. The first-order valence-electron chi connectivity index (χ1n) is 9.86. The molecule has 0 bridgehead atoms. The molecule has 3 aromatic rings. The van der Waals surface area contributed by atoms with Gasteiger partial charge in [-0.2, -0.15) is 13.2 Å². The van der Waals surface area contributed by atoms with Crippen LogP contribution in [0.1, 0.15) is 36.4 Å². The molecule has 0 saturated heterocycles. The monoisotopic (exact) mass is 467 g/mol. The normalized spacial score (nSPS) is 13.6. The van der Waals surface area contributed by atoms with Crippen molar-refractivity contribution < 1.29 is 32.2 Å². The van der Waals surface area contributed by atoms with Crippen LogP contribution in [0.2, 0.25) is 0 Å². The predicted molar refractivity (Wildman–Crippen MR) is 110 cm³/mol. The van der Waals surface area contributed by atoms with Crippen molar-refractivity contribution in [3.05, 3.63) is 54.1 Å². The predicted octanol–water partition coefficient (Wildman–Crippen LogP) is 4.08. The fraction of sp³-hybridized carbons (Fsp3) is 0.333. The fourth-order valence-electron chi connectivity index (χ4n) is 3.12. The Labute approximate surface area is 186 Å². The van der Waals surface area contributed by atoms with Crippen LogP contribution in [0.25, 0.3) is 11.3 Å². The summed E-state index contributed by atoms with van der Waals surface area (Å²) < 4.78 is 54.8. The number of imidazole rings is 1. The number of aryl methyl sites for hydroxylation is 1. The van der Waals surface area contributed by atoms with E-state index in [0.29, 0.717) is 23.0 Å². The van der Waals surface area contributed by atoms with Crippen molar-refractivity contribution in [1.29, 1.82) is 0 Å². The third-order valence-corrected chi connectivity index (χ3v) is 4.99. The van der Waals surface area contributed by atoms with Gasteiger partial charge in [0, 0.05) is 24.4 Å². The standard InChI is InChI=1S/C19H20FN5O.C2HF3O2/c1-25-9-13(24-11-25)10-26-19-14(12-3-2-4-12)5-6-15(18(19)20)16-7-23-17(21)8-22-16;3-2(4,5)1(6)7/h5-9,11-12H,2-4,10H2,1H3,(H2,21,23);(H,6,7). The third-order valence-electron chi connectivity index (χ3n) is 4.99. The van der Waals surface area contributed by atoms with Gasteiger partial charge in [0.1, 0.15) is 12.4 Å². The molecule has 0 radical (unpaired) electrons. The maximum absolute atomic E-state index is 15.3. The maximum atomic E-state index is 15.3. The zero-order chi connectivity index (χ0) is 24.2. The van der Waals surface area contributed by atoms with Gasteiger partial charge in [0.25, 0.3) is 0 Å². The van der Waals surface area contributed by atoms with Crippen LogP contribution in [0.4, 0.5) is 23.4 Å². The molecule has 1 fully saturated rings. The quantitative estimate of drug-likeness (QED) is 0.543. The van der Waals surface area contributed by atoms with E-state index in [1.54, 1.807) is 12.4 Å². The van der Waals surface area contributed by atoms with E-state index < -0.39 is 18.0 Å². The molecule has 1 aromatic carbocycles. The summed E-state index contributed by atoms with van der Waals surface area (Å²) in [6.07, 6.45) is 4.64. The molecule has 0 spiro atoms. The molecule has 0 amide bonds. The van der Waals surface area contributed by atoms with Crippen LogP contribution in [-0.2, 0) is 18.4 Å². The number of hydrogen-bond donors (Lipinski definition) is 2. The molecule has 1 aliphatic rings. The minimum Gasteiger partial charge on any atom is -0.484 e. The Morgan fingerprint density at radius 1 is 1.24 bits per heavy atom. The average Bonchev–Trinajstić information content (AvgIpc) is 3.12. The van der Waals surface area contributed by atoms with Crippen LogP contribution in [0.5, 0.6) is 5.75 Å². The van der Waals surface area contributed by atoms with Gasteiger partial charge in [0.15, 0.2) is 11.6 Å². The molecule has 1 saturated carbocycles. The van der Waals surface area contributed by atoms with Crippen molar-refractivity contribution in [2.24, 2.45) is 7.05 Å². The van der Waals surface area contributed by atoms with Crippen LogP contribution in [0, 0.1) is 5.82 Å². The molecule has 12 heteroatoms. The highest BCUT2D eigenvalue weighted by molar-refractivity contribution is 5.73. The van der Waals surface area contributed by atoms with Crippen molar-refractivity contribution in [2.45, 2.75) is 38.0 Å². The Hall–Kier alpha value is -3.70. The van der Waals surface area contributed by atoms with Gasteiger partial charge in [-0.3, -0.25) is 4.98 Å². The van der Waals surface area contributed by atoms with Crippen LogP contribution in [0.15, 0.2) is 37.1 Å². The molecule has 8 nitrogen and oxygen atoms in total. The van der Waals surface area contributed by atoms with Crippen molar-refractivity contribution in [3.63, 3.8) is 0 Å².